The number of unbranched alkanes of at least 4 members (excludes halogenated alkanes) is 1. The predicted molar refractivity (Wildman–Crippen MR) is 74.6 cm³/mol. The predicted octanol–water partition coefficient (Wildman–Crippen LogP) is 2.14. The van der Waals surface area contributed by atoms with Gasteiger partial charge in [-0.15, -0.1) is 0 Å². The average Bonchev–Trinajstić information content (AvgIpc) is 2.43. The van der Waals surface area contributed by atoms with Crippen LogP contribution in [0.3, 0.4) is 0 Å². The molecule has 0 bridgehead atoms. The fourth-order valence-electron chi connectivity index (χ4n) is 2.08. The van der Waals surface area contributed by atoms with Crippen molar-refractivity contribution in [2.45, 2.75) is 19.3 Å². The summed E-state index contributed by atoms with van der Waals surface area (Å²) in [7, 11) is 0. The van der Waals surface area contributed by atoms with Crippen LogP contribution in [-0.2, 0) is 6.42 Å². The molecule has 3 heteroatoms. The number of hydrogen-bond donors (Lipinski definition) is 2. The van der Waals surface area contributed by atoms with Crippen molar-refractivity contribution < 1.29 is 5.11 Å². The summed E-state index contributed by atoms with van der Waals surface area (Å²) >= 11 is 0. The quantitative estimate of drug-likeness (QED) is 0.733. The van der Waals surface area contributed by atoms with Crippen LogP contribution in [0.25, 0.3) is 10.9 Å². The first kappa shape index (κ1) is 13.0. The zero-order valence-electron chi connectivity index (χ0n) is 10.6. The molecule has 0 aliphatic rings. The molecule has 96 valence electrons. The summed E-state index contributed by atoms with van der Waals surface area (Å²) in [4.78, 5) is 4.45. The van der Waals surface area contributed by atoms with Crippen LogP contribution in [0.5, 0.6) is 0 Å². The number of aliphatic hydroxyl groups excluding tert-OH is 1. The standard InChI is InChI=1S/C15H20N2O/c18-12-2-1-9-16-11-8-14-6-3-5-13-7-4-10-17-15(13)14/h3-7,10,16,18H,1-2,8-9,11-12H2. The van der Waals surface area contributed by atoms with Crippen LogP contribution in [0.4, 0.5) is 0 Å². The Morgan fingerprint density at radius 3 is 2.83 bits per heavy atom. The monoisotopic (exact) mass is 244 g/mol. The number of para-hydroxylation sites is 1. The van der Waals surface area contributed by atoms with Crippen LogP contribution in [0.1, 0.15) is 18.4 Å². The van der Waals surface area contributed by atoms with E-state index in [1.54, 1.807) is 0 Å². The lowest BCUT2D eigenvalue weighted by atomic mass is 10.1. The highest BCUT2D eigenvalue weighted by Crippen LogP contribution is 2.15. The normalized spacial score (nSPS) is 10.9. The Kier molecular flexibility index (Phi) is 5.12. The summed E-state index contributed by atoms with van der Waals surface area (Å²) in [6, 6.07) is 10.4. The summed E-state index contributed by atoms with van der Waals surface area (Å²) in [6.07, 6.45) is 4.75. The van der Waals surface area contributed by atoms with Gasteiger partial charge in [-0.2, -0.15) is 0 Å². The highest BCUT2D eigenvalue weighted by Gasteiger charge is 2.00. The second-order valence-corrected chi connectivity index (χ2v) is 4.42. The molecule has 0 unspecified atom stereocenters. The molecule has 1 aromatic carbocycles. The lowest BCUT2D eigenvalue weighted by Crippen LogP contribution is -2.18. The maximum absolute atomic E-state index is 8.68. The van der Waals surface area contributed by atoms with Gasteiger partial charge >= 0.3 is 0 Å². The van der Waals surface area contributed by atoms with Gasteiger partial charge in [0.1, 0.15) is 0 Å². The molecule has 0 aliphatic heterocycles. The third kappa shape index (κ3) is 3.52. The van der Waals surface area contributed by atoms with Crippen LogP contribution in [0, 0.1) is 0 Å². The molecule has 3 nitrogen and oxygen atoms in total. The summed E-state index contributed by atoms with van der Waals surface area (Å²) < 4.78 is 0. The minimum atomic E-state index is 0.287. The Morgan fingerprint density at radius 1 is 1.06 bits per heavy atom. The molecule has 2 rings (SSSR count). The number of hydrogen-bond acceptors (Lipinski definition) is 3. The van der Waals surface area contributed by atoms with Gasteiger partial charge in [0.15, 0.2) is 0 Å². The molecule has 0 radical (unpaired) electrons. The molecule has 18 heavy (non-hydrogen) atoms. The largest absolute Gasteiger partial charge is 0.396 e. The highest BCUT2D eigenvalue weighted by molar-refractivity contribution is 5.81. The number of aliphatic hydroxyl groups is 1. The maximum atomic E-state index is 8.68. The molecular weight excluding hydrogens is 224 g/mol. The molecule has 0 spiro atoms. The Labute approximate surface area is 108 Å². The molecule has 2 aromatic rings. The fraction of sp³-hybridized carbons (Fsp3) is 0.400. The van der Waals surface area contributed by atoms with Gasteiger partial charge in [0, 0.05) is 18.2 Å². The smallest absolute Gasteiger partial charge is 0.0734 e. The molecule has 0 saturated heterocycles. The van der Waals surface area contributed by atoms with Crippen molar-refractivity contribution in [2.24, 2.45) is 0 Å². The number of benzene rings is 1. The van der Waals surface area contributed by atoms with Gasteiger partial charge in [-0.1, -0.05) is 24.3 Å². The number of rotatable bonds is 7. The topological polar surface area (TPSA) is 45.1 Å². The van der Waals surface area contributed by atoms with Gasteiger partial charge in [-0.25, -0.2) is 0 Å². The van der Waals surface area contributed by atoms with E-state index >= 15 is 0 Å². The Bertz CT molecular complexity index is 479. The molecule has 2 N–H and O–H groups in total. The summed E-state index contributed by atoms with van der Waals surface area (Å²) in [5, 5.41) is 13.3. The number of nitrogens with one attached hydrogen (secondary N) is 1. The van der Waals surface area contributed by atoms with E-state index in [4.69, 9.17) is 5.11 Å². The van der Waals surface area contributed by atoms with Crippen molar-refractivity contribution in [2.75, 3.05) is 19.7 Å². The minimum absolute atomic E-state index is 0.287. The SMILES string of the molecule is OCCCCNCCc1cccc2cccnc12. The van der Waals surface area contributed by atoms with E-state index in [0.29, 0.717) is 0 Å². The lowest BCUT2D eigenvalue weighted by Gasteiger charge is -2.07. The number of fused-ring (bicyclic) bond motifs is 1. The fourth-order valence-corrected chi connectivity index (χ4v) is 2.08. The van der Waals surface area contributed by atoms with Gasteiger partial charge in [0.2, 0.25) is 0 Å². The first-order valence-electron chi connectivity index (χ1n) is 6.56. The van der Waals surface area contributed by atoms with Crippen molar-refractivity contribution in [3.8, 4) is 0 Å². The third-order valence-electron chi connectivity index (χ3n) is 3.05. The number of pyridine rings is 1. The second-order valence-electron chi connectivity index (χ2n) is 4.42. The van der Waals surface area contributed by atoms with Crippen molar-refractivity contribution in [1.82, 2.24) is 10.3 Å². The van der Waals surface area contributed by atoms with Gasteiger partial charge in [-0.3, -0.25) is 4.98 Å². The lowest BCUT2D eigenvalue weighted by molar-refractivity contribution is 0.284. The van der Waals surface area contributed by atoms with Crippen molar-refractivity contribution in [3.63, 3.8) is 0 Å². The van der Waals surface area contributed by atoms with E-state index in [2.05, 4.69) is 34.6 Å². The van der Waals surface area contributed by atoms with Gasteiger partial charge in [-0.05, 0) is 44.0 Å². The first-order valence-corrected chi connectivity index (χ1v) is 6.56. The molecule has 0 fully saturated rings. The van der Waals surface area contributed by atoms with Crippen molar-refractivity contribution in [1.29, 1.82) is 0 Å². The van der Waals surface area contributed by atoms with E-state index in [1.165, 1.54) is 10.9 Å². The first-order chi connectivity index (χ1) is 8.92. The molecule has 1 heterocycles. The van der Waals surface area contributed by atoms with E-state index in [1.807, 2.05) is 12.3 Å². The number of aromatic nitrogens is 1. The van der Waals surface area contributed by atoms with Gasteiger partial charge in [0.05, 0.1) is 5.52 Å². The summed E-state index contributed by atoms with van der Waals surface area (Å²) in [6.45, 7) is 2.22. The molecular formula is C15H20N2O. The molecule has 0 atom stereocenters. The summed E-state index contributed by atoms with van der Waals surface area (Å²) in [5.41, 5.74) is 2.40. The van der Waals surface area contributed by atoms with Crippen molar-refractivity contribution in [3.05, 3.63) is 42.1 Å². The highest BCUT2D eigenvalue weighted by atomic mass is 16.2. The van der Waals surface area contributed by atoms with E-state index in [9.17, 15) is 0 Å². The van der Waals surface area contributed by atoms with Gasteiger partial charge < -0.3 is 10.4 Å². The zero-order chi connectivity index (χ0) is 12.6. The molecule has 0 saturated carbocycles. The van der Waals surface area contributed by atoms with E-state index in [-0.39, 0.29) is 6.61 Å². The van der Waals surface area contributed by atoms with Gasteiger partial charge in [0.25, 0.3) is 0 Å². The summed E-state index contributed by atoms with van der Waals surface area (Å²) in [5.74, 6) is 0. The Hall–Kier alpha value is -1.45. The van der Waals surface area contributed by atoms with Crippen LogP contribution < -0.4 is 5.32 Å². The maximum Gasteiger partial charge on any atom is 0.0734 e. The van der Waals surface area contributed by atoms with Crippen LogP contribution >= 0.6 is 0 Å². The second kappa shape index (κ2) is 7.09. The zero-order valence-corrected chi connectivity index (χ0v) is 10.6. The Morgan fingerprint density at radius 2 is 1.94 bits per heavy atom. The minimum Gasteiger partial charge on any atom is -0.396 e. The molecule has 1 aromatic heterocycles. The molecule has 0 aliphatic carbocycles. The van der Waals surface area contributed by atoms with Crippen LogP contribution in [0.15, 0.2) is 36.5 Å². The molecule has 0 amide bonds. The third-order valence-corrected chi connectivity index (χ3v) is 3.05. The Balaban J connectivity index is 1.88. The van der Waals surface area contributed by atoms with Crippen LogP contribution in [0.2, 0.25) is 0 Å². The van der Waals surface area contributed by atoms with E-state index < -0.39 is 0 Å². The average molecular weight is 244 g/mol. The van der Waals surface area contributed by atoms with Crippen LogP contribution in [-0.4, -0.2) is 29.8 Å². The number of nitrogens with zero attached hydrogens (tertiary/aromatic N) is 1. The van der Waals surface area contributed by atoms with Crippen molar-refractivity contribution >= 4 is 10.9 Å². The van der Waals surface area contributed by atoms with E-state index in [0.717, 1.165) is 37.9 Å².